The van der Waals surface area contributed by atoms with Crippen LogP contribution in [-0.4, -0.2) is 5.91 Å². The average Bonchev–Trinajstić information content (AvgIpc) is 2.96. The van der Waals surface area contributed by atoms with E-state index in [1.165, 1.54) is 0 Å². The first-order chi connectivity index (χ1) is 9.25. The van der Waals surface area contributed by atoms with E-state index in [4.69, 9.17) is 0 Å². The molecule has 0 unspecified atom stereocenters. The summed E-state index contributed by atoms with van der Waals surface area (Å²) in [5.41, 5.74) is 0.885. The number of carbonyl (C=O) groups excluding carboxylic acids is 1. The van der Waals surface area contributed by atoms with Crippen LogP contribution >= 0.6 is 15.9 Å². The van der Waals surface area contributed by atoms with Gasteiger partial charge in [-0.25, -0.2) is 0 Å². The number of halogens is 1. The Kier molecular flexibility index (Phi) is 3.38. The van der Waals surface area contributed by atoms with Gasteiger partial charge in [0.05, 0.1) is 0 Å². The zero-order valence-electron chi connectivity index (χ0n) is 10.4. The van der Waals surface area contributed by atoms with Crippen molar-refractivity contribution in [2.45, 2.75) is 12.8 Å². The summed E-state index contributed by atoms with van der Waals surface area (Å²) in [5, 5.41) is 5.24. The van der Waals surface area contributed by atoms with Crippen LogP contribution in [0.25, 0.3) is 10.8 Å². The highest BCUT2D eigenvalue weighted by molar-refractivity contribution is 9.10. The highest BCUT2D eigenvalue weighted by atomic mass is 79.9. The highest BCUT2D eigenvalue weighted by Crippen LogP contribution is 2.30. The van der Waals surface area contributed by atoms with Gasteiger partial charge in [-0.2, -0.15) is 0 Å². The van der Waals surface area contributed by atoms with Crippen LogP contribution in [0.15, 0.2) is 53.0 Å². The Labute approximate surface area is 120 Å². The van der Waals surface area contributed by atoms with E-state index >= 15 is 0 Å². The SMILES string of the molecule is O=C(Nc1ccc(Br)c2ccccc12)C1CC=CC1. The fourth-order valence-electron chi connectivity index (χ4n) is 2.44. The lowest BCUT2D eigenvalue weighted by molar-refractivity contribution is -0.119. The number of benzene rings is 2. The first-order valence-electron chi connectivity index (χ1n) is 6.39. The minimum Gasteiger partial charge on any atom is -0.325 e. The van der Waals surface area contributed by atoms with Crippen LogP contribution in [0.3, 0.4) is 0 Å². The molecule has 2 aromatic rings. The van der Waals surface area contributed by atoms with Crippen LogP contribution in [-0.2, 0) is 4.79 Å². The zero-order valence-corrected chi connectivity index (χ0v) is 12.0. The van der Waals surface area contributed by atoms with E-state index in [1.54, 1.807) is 0 Å². The van der Waals surface area contributed by atoms with E-state index in [9.17, 15) is 4.79 Å². The van der Waals surface area contributed by atoms with E-state index in [0.29, 0.717) is 0 Å². The van der Waals surface area contributed by atoms with Gasteiger partial charge < -0.3 is 5.32 Å². The van der Waals surface area contributed by atoms with Gasteiger partial charge in [0.25, 0.3) is 0 Å². The van der Waals surface area contributed by atoms with E-state index in [-0.39, 0.29) is 11.8 Å². The number of hydrogen-bond acceptors (Lipinski definition) is 1. The largest absolute Gasteiger partial charge is 0.325 e. The summed E-state index contributed by atoms with van der Waals surface area (Å²) >= 11 is 3.54. The third-order valence-corrected chi connectivity index (χ3v) is 4.20. The molecule has 3 heteroatoms. The van der Waals surface area contributed by atoms with E-state index in [1.807, 2.05) is 36.4 Å². The molecular formula is C16H14BrNO. The zero-order chi connectivity index (χ0) is 13.2. The fourth-order valence-corrected chi connectivity index (χ4v) is 2.92. The van der Waals surface area contributed by atoms with Crippen molar-refractivity contribution in [1.29, 1.82) is 0 Å². The summed E-state index contributed by atoms with van der Waals surface area (Å²) < 4.78 is 1.05. The lowest BCUT2D eigenvalue weighted by Gasteiger charge is -2.13. The summed E-state index contributed by atoms with van der Waals surface area (Å²) in [4.78, 5) is 12.2. The normalized spacial score (nSPS) is 15.0. The molecule has 0 aromatic heterocycles. The van der Waals surface area contributed by atoms with Gasteiger partial charge >= 0.3 is 0 Å². The second kappa shape index (κ2) is 5.17. The van der Waals surface area contributed by atoms with Gasteiger partial charge in [-0.1, -0.05) is 52.3 Å². The maximum atomic E-state index is 12.2. The molecule has 1 amide bonds. The molecule has 3 rings (SSSR count). The van der Waals surface area contributed by atoms with E-state index < -0.39 is 0 Å². The summed E-state index contributed by atoms with van der Waals surface area (Å²) in [6.07, 6.45) is 5.84. The number of hydrogen-bond donors (Lipinski definition) is 1. The van der Waals surface area contributed by atoms with Gasteiger partial charge in [0.15, 0.2) is 0 Å². The second-order valence-corrected chi connectivity index (χ2v) is 5.62. The number of allylic oxidation sites excluding steroid dienone is 2. The Morgan fingerprint density at radius 2 is 1.74 bits per heavy atom. The first kappa shape index (κ1) is 12.4. The molecule has 0 saturated carbocycles. The van der Waals surface area contributed by atoms with Crippen molar-refractivity contribution < 1.29 is 4.79 Å². The van der Waals surface area contributed by atoms with Crippen molar-refractivity contribution in [3.63, 3.8) is 0 Å². The summed E-state index contributed by atoms with van der Waals surface area (Å²) in [6.45, 7) is 0. The molecule has 0 atom stereocenters. The molecule has 1 N–H and O–H groups in total. The van der Waals surface area contributed by atoms with Crippen molar-refractivity contribution in [3.05, 3.63) is 53.0 Å². The predicted molar refractivity (Wildman–Crippen MR) is 82.1 cm³/mol. The van der Waals surface area contributed by atoms with Gasteiger partial charge in [-0.15, -0.1) is 0 Å². The van der Waals surface area contributed by atoms with Crippen molar-refractivity contribution in [1.82, 2.24) is 0 Å². The molecule has 2 aromatic carbocycles. The first-order valence-corrected chi connectivity index (χ1v) is 7.18. The molecule has 0 spiro atoms. The molecule has 0 saturated heterocycles. The molecule has 0 bridgehead atoms. The Morgan fingerprint density at radius 1 is 1.05 bits per heavy atom. The van der Waals surface area contributed by atoms with Gasteiger partial charge in [0, 0.05) is 21.5 Å². The number of nitrogens with one attached hydrogen (secondary N) is 1. The van der Waals surface area contributed by atoms with Gasteiger partial charge in [-0.05, 0) is 30.4 Å². The van der Waals surface area contributed by atoms with Gasteiger partial charge in [0.1, 0.15) is 0 Å². The molecule has 1 aliphatic rings. The van der Waals surface area contributed by atoms with Crippen LogP contribution in [0.2, 0.25) is 0 Å². The lowest BCUT2D eigenvalue weighted by atomic mass is 10.1. The van der Waals surface area contributed by atoms with Crippen molar-refractivity contribution in [2.24, 2.45) is 5.92 Å². The maximum absolute atomic E-state index is 12.2. The Balaban J connectivity index is 1.93. The molecule has 0 radical (unpaired) electrons. The molecule has 19 heavy (non-hydrogen) atoms. The predicted octanol–water partition coefficient (Wildman–Crippen LogP) is 4.51. The van der Waals surface area contributed by atoms with Gasteiger partial charge in [-0.3, -0.25) is 4.79 Å². The van der Waals surface area contributed by atoms with Crippen molar-refractivity contribution in [3.8, 4) is 0 Å². The monoisotopic (exact) mass is 315 g/mol. The van der Waals surface area contributed by atoms with Crippen molar-refractivity contribution in [2.75, 3.05) is 5.32 Å². The Bertz CT molecular complexity index is 655. The van der Waals surface area contributed by atoms with Crippen molar-refractivity contribution >= 4 is 38.3 Å². The smallest absolute Gasteiger partial charge is 0.228 e. The van der Waals surface area contributed by atoms with E-state index in [2.05, 4.69) is 33.4 Å². The third-order valence-electron chi connectivity index (χ3n) is 3.51. The quantitative estimate of drug-likeness (QED) is 0.812. The summed E-state index contributed by atoms with van der Waals surface area (Å²) in [6, 6.07) is 12.0. The van der Waals surface area contributed by atoms with Gasteiger partial charge in [0.2, 0.25) is 5.91 Å². The molecule has 0 heterocycles. The molecule has 0 aliphatic heterocycles. The Hall–Kier alpha value is -1.61. The number of carbonyl (C=O) groups is 1. The summed E-state index contributed by atoms with van der Waals surface area (Å²) in [7, 11) is 0. The lowest BCUT2D eigenvalue weighted by Crippen LogP contribution is -2.20. The standard InChI is InChI=1S/C16H14BrNO/c17-14-9-10-15(13-8-4-3-7-12(13)14)18-16(19)11-5-1-2-6-11/h1-4,7-11H,5-6H2,(H,18,19). The second-order valence-electron chi connectivity index (χ2n) is 4.77. The van der Waals surface area contributed by atoms with E-state index in [0.717, 1.165) is 33.8 Å². The fraction of sp³-hybridized carbons (Fsp3) is 0.188. The summed E-state index contributed by atoms with van der Waals surface area (Å²) in [5.74, 6) is 0.194. The van der Waals surface area contributed by atoms with Crippen LogP contribution in [0.5, 0.6) is 0 Å². The number of anilines is 1. The van der Waals surface area contributed by atoms with Crippen LogP contribution < -0.4 is 5.32 Å². The molecule has 96 valence electrons. The van der Waals surface area contributed by atoms with Crippen LogP contribution in [0.1, 0.15) is 12.8 Å². The third kappa shape index (κ3) is 2.43. The topological polar surface area (TPSA) is 29.1 Å². The maximum Gasteiger partial charge on any atom is 0.228 e. The average molecular weight is 316 g/mol. The Morgan fingerprint density at radius 3 is 2.47 bits per heavy atom. The number of fused-ring (bicyclic) bond motifs is 1. The molecule has 0 fully saturated rings. The molecule has 2 nitrogen and oxygen atoms in total. The number of amides is 1. The molecule has 1 aliphatic carbocycles. The molecular weight excluding hydrogens is 302 g/mol. The van der Waals surface area contributed by atoms with Crippen LogP contribution in [0.4, 0.5) is 5.69 Å². The minimum absolute atomic E-state index is 0.0856. The highest BCUT2D eigenvalue weighted by Gasteiger charge is 2.19. The minimum atomic E-state index is 0.0856. The van der Waals surface area contributed by atoms with Crippen LogP contribution in [0, 0.1) is 5.92 Å². The number of rotatable bonds is 2.